The Kier molecular flexibility index (Phi) is 4.83. The number of carbonyl (C=O) groups excluding carboxylic acids is 2. The smallest absolute Gasteiger partial charge is 0.250 e. The van der Waals surface area contributed by atoms with Crippen molar-refractivity contribution in [2.75, 3.05) is 5.32 Å². The molecule has 0 aromatic carbocycles. The zero-order valence-electron chi connectivity index (χ0n) is 11.8. The van der Waals surface area contributed by atoms with E-state index in [2.05, 4.69) is 10.3 Å². The largest absolute Gasteiger partial charge is 0.462 e. The number of hydrogen-bond donors (Lipinski definition) is 1. The summed E-state index contributed by atoms with van der Waals surface area (Å²) in [5.41, 5.74) is 0. The van der Waals surface area contributed by atoms with Gasteiger partial charge in [0, 0.05) is 6.20 Å². The van der Waals surface area contributed by atoms with Crippen molar-refractivity contribution in [3.8, 4) is 6.07 Å². The van der Waals surface area contributed by atoms with Gasteiger partial charge in [-0.2, -0.15) is 5.26 Å². The van der Waals surface area contributed by atoms with Crippen LogP contribution in [0.3, 0.4) is 0 Å². The van der Waals surface area contributed by atoms with E-state index in [0.29, 0.717) is 11.5 Å². The molecule has 22 heavy (non-hydrogen) atoms. The Balaban J connectivity index is 2.04. The van der Waals surface area contributed by atoms with E-state index in [1.54, 1.807) is 43.3 Å². The van der Waals surface area contributed by atoms with Crippen LogP contribution < -0.4 is 5.32 Å². The molecule has 6 heteroatoms. The molecule has 1 atom stereocenters. The van der Waals surface area contributed by atoms with Crippen molar-refractivity contribution >= 4 is 23.6 Å². The highest BCUT2D eigenvalue weighted by Crippen LogP contribution is 2.10. The number of rotatable bonds is 5. The number of ketones is 1. The standard InChI is InChI=1S/C16H13N3O3/c1-11-5-6-12(22-11)7-8-14(20)13(10-17)16(21)19-15-4-2-3-9-18-15/h2-9,13H,1H3,(H,18,19,21). The Morgan fingerprint density at radius 3 is 2.77 bits per heavy atom. The number of amides is 1. The first-order valence-electron chi connectivity index (χ1n) is 6.50. The summed E-state index contributed by atoms with van der Waals surface area (Å²) in [5, 5.41) is 11.5. The summed E-state index contributed by atoms with van der Waals surface area (Å²) in [7, 11) is 0. The number of anilines is 1. The molecule has 0 saturated carbocycles. The van der Waals surface area contributed by atoms with Crippen molar-refractivity contribution in [2.24, 2.45) is 5.92 Å². The summed E-state index contributed by atoms with van der Waals surface area (Å²) in [6.07, 6.45) is 4.08. The van der Waals surface area contributed by atoms with Gasteiger partial charge in [-0.1, -0.05) is 6.07 Å². The second kappa shape index (κ2) is 6.99. The summed E-state index contributed by atoms with van der Waals surface area (Å²) >= 11 is 0. The van der Waals surface area contributed by atoms with Gasteiger partial charge in [0.15, 0.2) is 11.7 Å². The predicted molar refractivity (Wildman–Crippen MR) is 79.5 cm³/mol. The van der Waals surface area contributed by atoms with Crippen LogP contribution in [-0.4, -0.2) is 16.7 Å². The number of nitrogens with zero attached hydrogens (tertiary/aromatic N) is 2. The molecule has 1 amide bonds. The highest BCUT2D eigenvalue weighted by Gasteiger charge is 2.24. The van der Waals surface area contributed by atoms with E-state index in [-0.39, 0.29) is 5.82 Å². The molecule has 6 nitrogen and oxygen atoms in total. The van der Waals surface area contributed by atoms with Crippen LogP contribution in [0.15, 0.2) is 47.0 Å². The van der Waals surface area contributed by atoms with Gasteiger partial charge in [0.25, 0.3) is 5.91 Å². The van der Waals surface area contributed by atoms with E-state index in [0.717, 1.165) is 6.08 Å². The maximum atomic E-state index is 12.0. The lowest BCUT2D eigenvalue weighted by molar-refractivity contribution is -0.126. The zero-order valence-corrected chi connectivity index (χ0v) is 11.8. The van der Waals surface area contributed by atoms with Crippen LogP contribution in [0.4, 0.5) is 5.82 Å². The van der Waals surface area contributed by atoms with Crippen molar-refractivity contribution in [3.05, 3.63) is 54.1 Å². The van der Waals surface area contributed by atoms with Crippen molar-refractivity contribution in [1.82, 2.24) is 4.98 Å². The van der Waals surface area contributed by atoms with Gasteiger partial charge in [0.1, 0.15) is 17.3 Å². The summed E-state index contributed by atoms with van der Waals surface area (Å²) in [5.74, 6) is -1.30. The molecular formula is C16H13N3O3. The average Bonchev–Trinajstić information content (AvgIpc) is 2.92. The van der Waals surface area contributed by atoms with Crippen molar-refractivity contribution in [3.63, 3.8) is 0 Å². The number of carbonyl (C=O) groups is 2. The van der Waals surface area contributed by atoms with E-state index in [4.69, 9.17) is 9.68 Å². The number of aryl methyl sites for hydroxylation is 1. The summed E-state index contributed by atoms with van der Waals surface area (Å²) in [6, 6.07) is 10.1. The Hall–Kier alpha value is -3.20. The fourth-order valence-corrected chi connectivity index (χ4v) is 1.69. The molecule has 2 rings (SSSR count). The normalized spacial score (nSPS) is 11.8. The maximum absolute atomic E-state index is 12.0. The van der Waals surface area contributed by atoms with Gasteiger partial charge < -0.3 is 9.73 Å². The summed E-state index contributed by atoms with van der Waals surface area (Å²) < 4.78 is 5.27. The highest BCUT2D eigenvalue weighted by molar-refractivity contribution is 6.13. The van der Waals surface area contributed by atoms with Crippen molar-refractivity contribution in [1.29, 1.82) is 5.26 Å². The van der Waals surface area contributed by atoms with E-state index in [1.807, 2.05) is 0 Å². The van der Waals surface area contributed by atoms with Gasteiger partial charge in [-0.3, -0.25) is 9.59 Å². The van der Waals surface area contributed by atoms with Crippen molar-refractivity contribution in [2.45, 2.75) is 6.92 Å². The number of nitriles is 1. The average molecular weight is 295 g/mol. The first kappa shape index (κ1) is 15.2. The Morgan fingerprint density at radius 1 is 1.36 bits per heavy atom. The number of nitrogens with one attached hydrogen (secondary N) is 1. The molecule has 2 aromatic rings. The van der Waals surface area contributed by atoms with E-state index < -0.39 is 17.6 Å². The molecule has 0 bridgehead atoms. The number of furan rings is 1. The molecular weight excluding hydrogens is 282 g/mol. The third-order valence-electron chi connectivity index (χ3n) is 2.76. The fraction of sp³-hybridized carbons (Fsp3) is 0.125. The molecule has 1 N–H and O–H groups in total. The van der Waals surface area contributed by atoms with Gasteiger partial charge >= 0.3 is 0 Å². The number of hydrogen-bond acceptors (Lipinski definition) is 5. The zero-order chi connectivity index (χ0) is 15.9. The third kappa shape index (κ3) is 3.90. The minimum Gasteiger partial charge on any atom is -0.462 e. The lowest BCUT2D eigenvalue weighted by Gasteiger charge is -2.06. The first-order chi connectivity index (χ1) is 10.6. The van der Waals surface area contributed by atoms with Crippen LogP contribution >= 0.6 is 0 Å². The molecule has 0 spiro atoms. The lowest BCUT2D eigenvalue weighted by atomic mass is 10.0. The summed E-state index contributed by atoms with van der Waals surface area (Å²) in [6.45, 7) is 1.78. The van der Waals surface area contributed by atoms with E-state index in [9.17, 15) is 9.59 Å². The quantitative estimate of drug-likeness (QED) is 0.674. The Morgan fingerprint density at radius 2 is 2.18 bits per heavy atom. The molecule has 2 aromatic heterocycles. The Labute approximate surface area is 127 Å². The first-order valence-corrected chi connectivity index (χ1v) is 6.50. The molecule has 2 heterocycles. The SMILES string of the molecule is Cc1ccc(C=CC(=O)C(C#N)C(=O)Nc2ccccn2)o1. The van der Waals surface area contributed by atoms with Gasteiger partial charge in [-0.25, -0.2) is 4.98 Å². The molecule has 0 radical (unpaired) electrons. The number of aromatic nitrogens is 1. The van der Waals surface area contributed by atoms with E-state index in [1.165, 1.54) is 12.3 Å². The predicted octanol–water partition coefficient (Wildman–Crippen LogP) is 2.34. The van der Waals surface area contributed by atoms with Crippen LogP contribution in [0.1, 0.15) is 11.5 Å². The minimum atomic E-state index is -1.44. The molecule has 0 fully saturated rings. The van der Waals surface area contributed by atoms with Crippen LogP contribution in [-0.2, 0) is 9.59 Å². The highest BCUT2D eigenvalue weighted by atomic mass is 16.3. The lowest BCUT2D eigenvalue weighted by Crippen LogP contribution is -2.27. The van der Waals surface area contributed by atoms with Crippen LogP contribution in [0.5, 0.6) is 0 Å². The monoisotopic (exact) mass is 295 g/mol. The van der Waals surface area contributed by atoms with Crippen LogP contribution in [0.25, 0.3) is 6.08 Å². The van der Waals surface area contributed by atoms with Gasteiger partial charge in [0.05, 0.1) is 6.07 Å². The second-order valence-electron chi connectivity index (χ2n) is 4.45. The third-order valence-corrected chi connectivity index (χ3v) is 2.76. The molecule has 1 unspecified atom stereocenters. The maximum Gasteiger partial charge on any atom is 0.250 e. The molecule has 0 saturated heterocycles. The van der Waals surface area contributed by atoms with E-state index >= 15 is 0 Å². The number of pyridine rings is 1. The molecule has 110 valence electrons. The van der Waals surface area contributed by atoms with Crippen LogP contribution in [0.2, 0.25) is 0 Å². The van der Waals surface area contributed by atoms with Crippen molar-refractivity contribution < 1.29 is 14.0 Å². The van der Waals surface area contributed by atoms with Gasteiger partial charge in [-0.15, -0.1) is 0 Å². The van der Waals surface area contributed by atoms with Gasteiger partial charge in [-0.05, 0) is 43.3 Å². The van der Waals surface area contributed by atoms with Gasteiger partial charge in [0.2, 0.25) is 0 Å². The fourth-order valence-electron chi connectivity index (χ4n) is 1.69. The second-order valence-corrected chi connectivity index (χ2v) is 4.45. The molecule has 0 aliphatic carbocycles. The Bertz CT molecular complexity index is 741. The molecule has 0 aliphatic heterocycles. The molecule has 0 aliphatic rings. The minimum absolute atomic E-state index is 0.284. The number of allylic oxidation sites excluding steroid dienone is 1. The van der Waals surface area contributed by atoms with Crippen LogP contribution in [0, 0.1) is 24.2 Å². The topological polar surface area (TPSA) is 96.0 Å². The summed E-state index contributed by atoms with van der Waals surface area (Å²) in [4.78, 5) is 27.8.